The summed E-state index contributed by atoms with van der Waals surface area (Å²) in [6.07, 6.45) is -0.329. The van der Waals surface area contributed by atoms with Gasteiger partial charge in [-0.2, -0.15) is 13.2 Å². The van der Waals surface area contributed by atoms with Crippen LogP contribution in [0.3, 0.4) is 0 Å². The Morgan fingerprint density at radius 2 is 1.80 bits per heavy atom. The van der Waals surface area contributed by atoms with E-state index in [9.17, 15) is 13.2 Å². The van der Waals surface area contributed by atoms with Crippen molar-refractivity contribution < 1.29 is 22.6 Å². The molecule has 1 aromatic carbocycles. The highest BCUT2D eigenvalue weighted by Gasteiger charge is 2.39. The maximum absolute atomic E-state index is 13.9. The number of pyridine rings is 1. The minimum Gasteiger partial charge on any atom is -0.489 e. The van der Waals surface area contributed by atoms with E-state index in [2.05, 4.69) is 10.2 Å². The zero-order valence-electron chi connectivity index (χ0n) is 16.5. The highest BCUT2D eigenvalue weighted by atomic mass is 35.5. The van der Waals surface area contributed by atoms with Crippen LogP contribution in [0, 0.1) is 5.92 Å². The number of hydrogen-bond acceptors (Lipinski definition) is 4. The van der Waals surface area contributed by atoms with Gasteiger partial charge in [-0.1, -0.05) is 11.6 Å². The molecule has 0 saturated heterocycles. The molecule has 1 aliphatic carbocycles. The maximum Gasteiger partial charge on any atom is 0.423 e. The number of alkyl halides is 3. The van der Waals surface area contributed by atoms with Crippen molar-refractivity contribution in [3.8, 4) is 11.5 Å². The number of rotatable bonds is 7. The molecule has 5 nitrogen and oxygen atoms in total. The van der Waals surface area contributed by atoms with Crippen molar-refractivity contribution in [3.05, 3.63) is 52.9 Å². The number of aromatic nitrogens is 3. The number of fused-ring (bicyclic) bond motifs is 1. The first-order chi connectivity index (χ1) is 14.1. The summed E-state index contributed by atoms with van der Waals surface area (Å²) < 4.78 is 54.4. The zero-order valence-corrected chi connectivity index (χ0v) is 17.3. The van der Waals surface area contributed by atoms with Gasteiger partial charge < -0.3 is 9.47 Å². The molecule has 0 radical (unpaired) electrons. The average Bonchev–Trinajstić information content (AvgIpc) is 3.39. The molecule has 0 amide bonds. The Balaban J connectivity index is 1.57. The lowest BCUT2D eigenvalue weighted by Crippen LogP contribution is -2.35. The van der Waals surface area contributed by atoms with Crippen molar-refractivity contribution in [1.29, 1.82) is 0 Å². The second-order valence-electron chi connectivity index (χ2n) is 8.11. The van der Waals surface area contributed by atoms with Gasteiger partial charge in [-0.15, -0.1) is 10.2 Å². The molecule has 9 heteroatoms. The average molecular weight is 440 g/mol. The number of hydrogen-bond donors (Lipinski definition) is 0. The van der Waals surface area contributed by atoms with Crippen LogP contribution in [0.2, 0.25) is 5.02 Å². The van der Waals surface area contributed by atoms with Crippen molar-refractivity contribution in [2.45, 2.75) is 44.9 Å². The minimum atomic E-state index is -4.64. The van der Waals surface area contributed by atoms with E-state index in [4.69, 9.17) is 21.1 Å². The molecule has 30 heavy (non-hydrogen) atoms. The third kappa shape index (κ3) is 4.64. The predicted octanol–water partition coefficient (Wildman–Crippen LogP) is 5.59. The molecular formula is C21H21ClF3N3O2. The highest BCUT2D eigenvalue weighted by molar-refractivity contribution is 6.30. The van der Waals surface area contributed by atoms with Crippen LogP contribution >= 0.6 is 11.6 Å². The van der Waals surface area contributed by atoms with Crippen LogP contribution in [0.15, 0.2) is 36.5 Å². The summed E-state index contributed by atoms with van der Waals surface area (Å²) in [6.45, 7) is 3.37. The zero-order chi connectivity index (χ0) is 21.5. The van der Waals surface area contributed by atoms with E-state index in [0.29, 0.717) is 28.9 Å². The van der Waals surface area contributed by atoms with Gasteiger partial charge in [-0.25, -0.2) is 0 Å². The van der Waals surface area contributed by atoms with Gasteiger partial charge >= 0.3 is 6.18 Å². The van der Waals surface area contributed by atoms with E-state index < -0.39 is 17.3 Å². The second kappa shape index (κ2) is 7.65. The van der Waals surface area contributed by atoms with Crippen LogP contribution in [0.1, 0.15) is 38.1 Å². The fourth-order valence-electron chi connectivity index (χ4n) is 3.20. The van der Waals surface area contributed by atoms with Gasteiger partial charge in [0.05, 0.1) is 0 Å². The van der Waals surface area contributed by atoms with Crippen molar-refractivity contribution in [3.63, 3.8) is 0 Å². The molecule has 0 spiro atoms. The van der Waals surface area contributed by atoms with Gasteiger partial charge in [0.1, 0.15) is 35.1 Å². The molecule has 160 valence electrons. The number of ether oxygens (including phenoxy) is 2. The third-order valence-corrected chi connectivity index (χ3v) is 5.10. The molecule has 2 heterocycles. The molecule has 1 saturated carbocycles. The van der Waals surface area contributed by atoms with E-state index in [-0.39, 0.29) is 18.0 Å². The van der Waals surface area contributed by atoms with Crippen molar-refractivity contribution in [1.82, 2.24) is 14.6 Å². The van der Waals surface area contributed by atoms with Crippen molar-refractivity contribution in [2.75, 3.05) is 6.61 Å². The van der Waals surface area contributed by atoms with E-state index in [0.717, 1.165) is 12.8 Å². The first-order valence-corrected chi connectivity index (χ1v) is 10.0. The Labute approximate surface area is 176 Å². The molecule has 0 bridgehead atoms. The first kappa shape index (κ1) is 20.8. The Kier molecular flexibility index (Phi) is 5.30. The van der Waals surface area contributed by atoms with Crippen molar-refractivity contribution >= 4 is 17.2 Å². The monoisotopic (exact) mass is 439 g/mol. The number of halogens is 4. The Hall–Kier alpha value is -2.48. The molecule has 2 aromatic heterocycles. The summed E-state index contributed by atoms with van der Waals surface area (Å²) in [6, 6.07) is 8.04. The SMILES string of the molecule is CC(C)(COc1ccn2c(CC3CC3)nnc2c1C(F)(F)F)Oc1ccc(Cl)cc1. The number of benzene rings is 1. The molecule has 3 aromatic rings. The lowest BCUT2D eigenvalue weighted by Gasteiger charge is -2.27. The molecular weight excluding hydrogens is 419 g/mol. The summed E-state index contributed by atoms with van der Waals surface area (Å²) in [5.74, 6) is 1.26. The van der Waals surface area contributed by atoms with Crippen LogP contribution in [-0.4, -0.2) is 26.8 Å². The summed E-state index contributed by atoms with van der Waals surface area (Å²) in [7, 11) is 0. The molecule has 0 atom stereocenters. The number of nitrogens with zero attached hydrogens (tertiary/aromatic N) is 3. The molecule has 1 aliphatic rings. The van der Waals surface area contributed by atoms with Gasteiger partial charge in [-0.3, -0.25) is 4.40 Å². The van der Waals surface area contributed by atoms with E-state index in [1.54, 1.807) is 38.1 Å². The fourth-order valence-corrected chi connectivity index (χ4v) is 3.32. The highest BCUT2D eigenvalue weighted by Crippen LogP contribution is 2.40. The second-order valence-corrected chi connectivity index (χ2v) is 8.55. The predicted molar refractivity (Wildman–Crippen MR) is 106 cm³/mol. The first-order valence-electron chi connectivity index (χ1n) is 9.63. The molecule has 4 rings (SSSR count). The maximum atomic E-state index is 13.9. The van der Waals surface area contributed by atoms with Gasteiger partial charge in [0.2, 0.25) is 0 Å². The Bertz CT molecular complexity index is 1040. The van der Waals surface area contributed by atoms with Crippen LogP contribution in [-0.2, 0) is 12.6 Å². The lowest BCUT2D eigenvalue weighted by atomic mass is 10.1. The fraction of sp³-hybridized carbons (Fsp3) is 0.429. The quantitative estimate of drug-likeness (QED) is 0.481. The molecule has 0 unspecified atom stereocenters. The van der Waals surface area contributed by atoms with Crippen LogP contribution in [0.25, 0.3) is 5.65 Å². The van der Waals surface area contributed by atoms with Gasteiger partial charge in [0, 0.05) is 17.6 Å². The van der Waals surface area contributed by atoms with Gasteiger partial charge in [0.25, 0.3) is 0 Å². The summed E-state index contributed by atoms with van der Waals surface area (Å²) in [5, 5.41) is 8.36. The third-order valence-electron chi connectivity index (χ3n) is 4.85. The van der Waals surface area contributed by atoms with E-state index in [1.807, 2.05) is 0 Å². The largest absolute Gasteiger partial charge is 0.489 e. The summed E-state index contributed by atoms with van der Waals surface area (Å²) in [5.41, 5.74) is -2.05. The van der Waals surface area contributed by atoms with Gasteiger partial charge in [-0.05, 0) is 62.9 Å². The van der Waals surface area contributed by atoms with E-state index in [1.165, 1.54) is 16.7 Å². The topological polar surface area (TPSA) is 48.7 Å². The lowest BCUT2D eigenvalue weighted by molar-refractivity contribution is -0.138. The standard InChI is InChI=1S/C21H21ClF3N3O2/c1-20(2,30-15-7-5-14(22)6-8-15)12-29-16-9-10-28-17(11-13-3-4-13)26-27-19(28)18(16)21(23,24)25/h5-10,13H,3-4,11-12H2,1-2H3. The minimum absolute atomic E-state index is 0.0993. The Morgan fingerprint density at radius 1 is 1.10 bits per heavy atom. The van der Waals surface area contributed by atoms with Crippen LogP contribution in [0.5, 0.6) is 11.5 Å². The molecule has 1 fully saturated rings. The normalized spacial score (nSPS) is 14.9. The smallest absolute Gasteiger partial charge is 0.423 e. The molecule has 0 aliphatic heterocycles. The van der Waals surface area contributed by atoms with Crippen LogP contribution < -0.4 is 9.47 Å². The van der Waals surface area contributed by atoms with Crippen LogP contribution in [0.4, 0.5) is 13.2 Å². The van der Waals surface area contributed by atoms with E-state index >= 15 is 0 Å². The summed E-state index contributed by atoms with van der Waals surface area (Å²) in [4.78, 5) is 0. The Morgan fingerprint density at radius 3 is 2.43 bits per heavy atom. The summed E-state index contributed by atoms with van der Waals surface area (Å²) >= 11 is 5.87. The molecule has 0 N–H and O–H groups in total. The van der Waals surface area contributed by atoms with Crippen molar-refractivity contribution in [2.24, 2.45) is 5.92 Å². The van der Waals surface area contributed by atoms with Gasteiger partial charge in [0.15, 0.2) is 5.65 Å².